The van der Waals surface area contributed by atoms with E-state index in [-0.39, 0.29) is 29.5 Å². The summed E-state index contributed by atoms with van der Waals surface area (Å²) < 4.78 is 0. The van der Waals surface area contributed by atoms with Crippen molar-refractivity contribution < 1.29 is 0 Å². The highest BCUT2D eigenvalue weighted by atomic mass is 15.2. The zero-order chi connectivity index (χ0) is 34.7. The molecule has 3 aromatic rings. The van der Waals surface area contributed by atoms with E-state index in [1.807, 2.05) is 0 Å². The van der Waals surface area contributed by atoms with Crippen LogP contribution in [0.5, 0.6) is 0 Å². The molecule has 2 heterocycles. The van der Waals surface area contributed by atoms with Crippen LogP contribution in [0.2, 0.25) is 0 Å². The highest BCUT2D eigenvalue weighted by Gasteiger charge is 2.43. The molecule has 5 aliphatic rings. The lowest BCUT2D eigenvalue weighted by atomic mass is 9.74. The molecule has 3 aliphatic carbocycles. The first-order chi connectivity index (χ1) is 24.3. The molecular weight excluding hydrogens is 607 g/mol. The molecule has 0 fully saturated rings. The molecule has 0 saturated heterocycles. The van der Waals surface area contributed by atoms with Crippen molar-refractivity contribution in [3.05, 3.63) is 148 Å². The van der Waals surface area contributed by atoms with Gasteiger partial charge in [0.15, 0.2) is 0 Å². The molecule has 4 unspecified atom stereocenters. The molecule has 2 aliphatic heterocycles. The van der Waals surface area contributed by atoms with Gasteiger partial charge in [0.2, 0.25) is 0 Å². The molecule has 3 aromatic carbocycles. The maximum absolute atomic E-state index is 3.73. The minimum atomic E-state index is -0.0493. The van der Waals surface area contributed by atoms with Crippen LogP contribution in [0.1, 0.15) is 71.9 Å². The number of dihydropyridines is 1. The predicted molar refractivity (Wildman–Crippen MR) is 214 cm³/mol. The number of allylic oxidation sites excluding steroid dienone is 7. The van der Waals surface area contributed by atoms with E-state index in [4.69, 9.17) is 0 Å². The molecule has 254 valence electrons. The van der Waals surface area contributed by atoms with Gasteiger partial charge in [-0.1, -0.05) is 124 Å². The molecule has 50 heavy (non-hydrogen) atoms. The number of nitrogens with one attached hydrogen (secondary N) is 2. The second kappa shape index (κ2) is 12.6. The SMILES string of the molecule is CC/C=C(/C)C(NC)C1=CC(C2NC=CC=C2C)=CC(N2c3ccccc3-c3ccc4c(c3-c3ccccc32)C(C)(C)C2=C4C=CCC2)C1C. The van der Waals surface area contributed by atoms with Gasteiger partial charge in [-0.2, -0.15) is 0 Å². The molecule has 0 spiro atoms. The average molecular weight is 658 g/mol. The smallest absolute Gasteiger partial charge is 0.0720 e. The first kappa shape index (κ1) is 32.6. The van der Waals surface area contributed by atoms with Crippen molar-refractivity contribution in [1.82, 2.24) is 10.6 Å². The van der Waals surface area contributed by atoms with Crippen LogP contribution in [0, 0.1) is 5.92 Å². The van der Waals surface area contributed by atoms with Gasteiger partial charge < -0.3 is 15.5 Å². The van der Waals surface area contributed by atoms with Gasteiger partial charge in [0.1, 0.15) is 0 Å². The van der Waals surface area contributed by atoms with Crippen molar-refractivity contribution in [3.8, 4) is 22.3 Å². The standard InChI is InChI=1S/C47H51N3/c1-8-16-29(2)46(48-7)38-27-32(45-30(3)17-15-26-49-45)28-42(31(38)4)50-40-22-13-10-19-34(40)35-24-25-36-33-18-9-12-21-39(33)47(5,6)44(36)43(35)37-20-11-14-23-41(37)50/h9-11,13-20,22-28,31,42,45-46,48-49H,8,12,21H2,1-7H3/b29-16-. The maximum Gasteiger partial charge on any atom is 0.0720 e. The molecule has 3 heteroatoms. The molecular formula is C47H51N3. The molecule has 0 aromatic heterocycles. The monoisotopic (exact) mass is 657 g/mol. The molecule has 0 bridgehead atoms. The van der Waals surface area contributed by atoms with E-state index in [1.54, 1.807) is 5.57 Å². The van der Waals surface area contributed by atoms with Crippen LogP contribution >= 0.6 is 0 Å². The number of hydrogen-bond donors (Lipinski definition) is 2. The van der Waals surface area contributed by atoms with E-state index in [0.717, 1.165) is 19.3 Å². The van der Waals surface area contributed by atoms with Gasteiger partial charge in [0.25, 0.3) is 0 Å². The summed E-state index contributed by atoms with van der Waals surface area (Å²) in [5, 5.41) is 7.44. The van der Waals surface area contributed by atoms with E-state index >= 15 is 0 Å². The first-order valence-electron chi connectivity index (χ1n) is 18.7. The number of para-hydroxylation sites is 2. The van der Waals surface area contributed by atoms with Crippen LogP contribution in [0.25, 0.3) is 27.8 Å². The Bertz CT molecular complexity index is 2090. The van der Waals surface area contributed by atoms with Crippen molar-refractivity contribution in [3.63, 3.8) is 0 Å². The first-order valence-corrected chi connectivity index (χ1v) is 18.7. The van der Waals surface area contributed by atoms with Gasteiger partial charge >= 0.3 is 0 Å². The van der Waals surface area contributed by atoms with Crippen LogP contribution in [-0.4, -0.2) is 25.2 Å². The van der Waals surface area contributed by atoms with E-state index in [2.05, 4.69) is 174 Å². The Kier molecular flexibility index (Phi) is 8.23. The van der Waals surface area contributed by atoms with Crippen molar-refractivity contribution in [2.45, 2.75) is 84.3 Å². The molecule has 3 nitrogen and oxygen atoms in total. The van der Waals surface area contributed by atoms with Gasteiger partial charge in [-0.3, -0.25) is 0 Å². The summed E-state index contributed by atoms with van der Waals surface area (Å²) in [6.45, 7) is 14.1. The Hall–Kier alpha value is -4.60. The minimum Gasteiger partial charge on any atom is -0.380 e. The van der Waals surface area contributed by atoms with Crippen LogP contribution < -0.4 is 15.5 Å². The number of rotatable bonds is 6. The second-order valence-corrected chi connectivity index (χ2v) is 15.3. The van der Waals surface area contributed by atoms with Crippen molar-refractivity contribution >= 4 is 16.9 Å². The number of hydrogen-bond acceptors (Lipinski definition) is 3. The quantitative estimate of drug-likeness (QED) is 0.258. The summed E-state index contributed by atoms with van der Waals surface area (Å²) in [5.74, 6) is 0.239. The largest absolute Gasteiger partial charge is 0.380 e. The highest BCUT2D eigenvalue weighted by molar-refractivity contribution is 6.04. The third kappa shape index (κ3) is 4.96. The average Bonchev–Trinajstić information content (AvgIpc) is 3.28. The number of fused-ring (bicyclic) bond motifs is 8. The van der Waals surface area contributed by atoms with E-state index < -0.39 is 0 Å². The Morgan fingerprint density at radius 3 is 2.46 bits per heavy atom. The fourth-order valence-corrected chi connectivity index (χ4v) is 9.72. The maximum atomic E-state index is 3.73. The molecule has 4 atom stereocenters. The number of anilines is 2. The van der Waals surface area contributed by atoms with Crippen LogP contribution in [0.15, 0.2) is 137 Å². The third-order valence-electron chi connectivity index (χ3n) is 12.1. The Morgan fingerprint density at radius 1 is 1.00 bits per heavy atom. The lowest BCUT2D eigenvalue weighted by Crippen LogP contribution is -2.44. The number of benzene rings is 3. The zero-order valence-electron chi connectivity index (χ0n) is 30.8. The van der Waals surface area contributed by atoms with Crippen molar-refractivity contribution in [2.24, 2.45) is 5.92 Å². The van der Waals surface area contributed by atoms with Gasteiger partial charge in [-0.25, -0.2) is 0 Å². The lowest BCUT2D eigenvalue weighted by Gasteiger charge is -2.43. The summed E-state index contributed by atoms with van der Waals surface area (Å²) >= 11 is 0. The van der Waals surface area contributed by atoms with Crippen molar-refractivity contribution in [1.29, 1.82) is 0 Å². The summed E-state index contributed by atoms with van der Waals surface area (Å²) in [4.78, 5) is 2.69. The summed E-state index contributed by atoms with van der Waals surface area (Å²) in [6.07, 6.45) is 21.9. The lowest BCUT2D eigenvalue weighted by molar-refractivity contribution is 0.516. The molecule has 0 radical (unpaired) electrons. The fraction of sp³-hybridized carbons (Fsp3) is 0.319. The van der Waals surface area contributed by atoms with Crippen molar-refractivity contribution in [2.75, 3.05) is 11.9 Å². The van der Waals surface area contributed by atoms with Gasteiger partial charge in [-0.05, 0) is 109 Å². The zero-order valence-corrected chi connectivity index (χ0v) is 30.8. The van der Waals surface area contributed by atoms with E-state index in [0.29, 0.717) is 0 Å². The molecule has 2 N–H and O–H groups in total. The number of likely N-dealkylation sites (N-methyl/N-ethyl adjacent to an activating group) is 1. The van der Waals surface area contributed by atoms with Gasteiger partial charge in [0, 0.05) is 39.9 Å². The number of nitrogens with zero attached hydrogens (tertiary/aromatic N) is 1. The summed E-state index contributed by atoms with van der Waals surface area (Å²) in [6, 6.07) is 23.6. The molecule has 0 amide bonds. The Morgan fingerprint density at radius 2 is 1.72 bits per heavy atom. The molecule has 0 saturated carbocycles. The highest BCUT2D eigenvalue weighted by Crippen LogP contribution is 2.59. The topological polar surface area (TPSA) is 27.3 Å². The Labute approximate surface area is 299 Å². The Balaban J connectivity index is 1.38. The summed E-state index contributed by atoms with van der Waals surface area (Å²) in [7, 11) is 2.11. The van der Waals surface area contributed by atoms with Crippen LogP contribution in [0.4, 0.5) is 11.4 Å². The third-order valence-corrected chi connectivity index (χ3v) is 12.1. The van der Waals surface area contributed by atoms with Gasteiger partial charge in [0.05, 0.1) is 12.1 Å². The second-order valence-electron chi connectivity index (χ2n) is 15.3. The van der Waals surface area contributed by atoms with E-state index in [1.165, 1.54) is 72.6 Å². The van der Waals surface area contributed by atoms with E-state index in [9.17, 15) is 0 Å². The normalized spacial score (nSPS) is 23.7. The fourth-order valence-electron chi connectivity index (χ4n) is 9.72. The van der Waals surface area contributed by atoms with Crippen LogP contribution in [-0.2, 0) is 5.41 Å². The predicted octanol–water partition coefficient (Wildman–Crippen LogP) is 11.1. The molecule has 8 rings (SSSR count). The summed E-state index contributed by atoms with van der Waals surface area (Å²) in [5.41, 5.74) is 19.3. The van der Waals surface area contributed by atoms with Crippen LogP contribution in [0.3, 0.4) is 0 Å². The minimum absolute atomic E-state index is 0.0493. The van der Waals surface area contributed by atoms with Gasteiger partial charge in [-0.15, -0.1) is 0 Å².